The zero-order valence-electron chi connectivity index (χ0n) is 17.7. The van der Waals surface area contributed by atoms with E-state index in [2.05, 4.69) is 20.9 Å². The minimum Gasteiger partial charge on any atom is -0.497 e. The van der Waals surface area contributed by atoms with E-state index in [0.717, 1.165) is 48.4 Å². The number of benzene rings is 2. The fraction of sp³-hybridized carbons (Fsp3) is 0.333. The van der Waals surface area contributed by atoms with Crippen LogP contribution in [0.2, 0.25) is 0 Å². The molecule has 160 valence electrons. The molecule has 1 fully saturated rings. The van der Waals surface area contributed by atoms with E-state index in [0.29, 0.717) is 23.6 Å². The average Bonchev–Trinajstić information content (AvgIpc) is 3.38. The van der Waals surface area contributed by atoms with Gasteiger partial charge in [0.1, 0.15) is 23.2 Å². The molecule has 2 aromatic carbocycles. The lowest BCUT2D eigenvalue weighted by molar-refractivity contribution is 0.132. The van der Waals surface area contributed by atoms with E-state index >= 15 is 0 Å². The first-order valence-electron chi connectivity index (χ1n) is 10.6. The maximum absolute atomic E-state index is 14.4. The van der Waals surface area contributed by atoms with Crippen LogP contribution in [0.3, 0.4) is 0 Å². The standard InChI is InChI=1S/C24H25FN4O2/c1-15-21(28-24(31-15)17-13-16(30-2)10-11-18(17)25)14-29-12-6-5-9-22(29)23-26-19-7-3-4-8-20(19)27-23/h3-4,7-8,10-11,13,22H,5-6,9,12,14H2,1-2H3,(H,26,27)/t22-/m0/s1. The normalized spacial score (nSPS) is 17.3. The number of imidazole rings is 1. The number of methoxy groups -OCH3 is 1. The van der Waals surface area contributed by atoms with E-state index in [4.69, 9.17) is 14.1 Å². The lowest BCUT2D eigenvalue weighted by Gasteiger charge is -2.34. The zero-order chi connectivity index (χ0) is 21.4. The number of nitrogens with zero attached hydrogens (tertiary/aromatic N) is 3. The van der Waals surface area contributed by atoms with Gasteiger partial charge < -0.3 is 14.1 Å². The molecule has 1 aliphatic heterocycles. The van der Waals surface area contributed by atoms with Crippen LogP contribution in [-0.4, -0.2) is 33.5 Å². The van der Waals surface area contributed by atoms with Gasteiger partial charge in [0.2, 0.25) is 5.89 Å². The van der Waals surface area contributed by atoms with Gasteiger partial charge in [-0.1, -0.05) is 18.6 Å². The summed E-state index contributed by atoms with van der Waals surface area (Å²) in [6.45, 7) is 3.46. The molecule has 0 spiro atoms. The number of fused-ring (bicyclic) bond motifs is 1. The number of aryl methyl sites for hydroxylation is 1. The number of halogens is 1. The van der Waals surface area contributed by atoms with Gasteiger partial charge in [0.25, 0.3) is 0 Å². The third-order valence-electron chi connectivity index (χ3n) is 5.99. The van der Waals surface area contributed by atoms with E-state index in [1.807, 2.05) is 25.1 Å². The van der Waals surface area contributed by atoms with Crippen molar-refractivity contribution in [3.8, 4) is 17.2 Å². The summed E-state index contributed by atoms with van der Waals surface area (Å²) in [6, 6.07) is 12.9. The molecule has 0 aliphatic carbocycles. The van der Waals surface area contributed by atoms with Crippen molar-refractivity contribution >= 4 is 11.0 Å². The number of rotatable bonds is 5. The Bertz CT molecular complexity index is 1180. The first-order valence-corrected chi connectivity index (χ1v) is 10.6. The minimum atomic E-state index is -0.383. The van der Waals surface area contributed by atoms with Crippen LogP contribution in [0.4, 0.5) is 4.39 Å². The summed E-state index contributed by atoms with van der Waals surface area (Å²) < 4.78 is 25.5. The molecule has 4 aromatic rings. The van der Waals surface area contributed by atoms with Gasteiger partial charge in [0, 0.05) is 6.54 Å². The van der Waals surface area contributed by atoms with Crippen LogP contribution in [0.5, 0.6) is 5.75 Å². The number of aromatic amines is 1. The predicted octanol–water partition coefficient (Wildman–Crippen LogP) is 5.40. The van der Waals surface area contributed by atoms with Crippen LogP contribution in [-0.2, 0) is 6.54 Å². The summed E-state index contributed by atoms with van der Waals surface area (Å²) in [7, 11) is 1.55. The third-order valence-corrected chi connectivity index (χ3v) is 5.99. The summed E-state index contributed by atoms with van der Waals surface area (Å²) in [5, 5.41) is 0. The number of likely N-dealkylation sites (tertiary alicyclic amines) is 1. The molecule has 0 bridgehead atoms. The molecule has 0 amide bonds. The lowest BCUT2D eigenvalue weighted by atomic mass is 10.0. The van der Waals surface area contributed by atoms with Crippen LogP contribution in [0.15, 0.2) is 46.9 Å². The van der Waals surface area contributed by atoms with Crippen molar-refractivity contribution in [3.63, 3.8) is 0 Å². The van der Waals surface area contributed by atoms with Gasteiger partial charge >= 0.3 is 0 Å². The third kappa shape index (κ3) is 3.81. The number of nitrogens with one attached hydrogen (secondary N) is 1. The molecular weight excluding hydrogens is 395 g/mol. The summed E-state index contributed by atoms with van der Waals surface area (Å²) >= 11 is 0. The number of oxazole rings is 1. The van der Waals surface area contributed by atoms with Crippen molar-refractivity contribution in [2.75, 3.05) is 13.7 Å². The highest BCUT2D eigenvalue weighted by Gasteiger charge is 2.28. The smallest absolute Gasteiger partial charge is 0.229 e. The maximum atomic E-state index is 14.4. The number of hydrogen-bond donors (Lipinski definition) is 1. The summed E-state index contributed by atoms with van der Waals surface area (Å²) in [4.78, 5) is 15.3. The monoisotopic (exact) mass is 420 g/mol. The fourth-order valence-electron chi connectivity index (χ4n) is 4.30. The van der Waals surface area contributed by atoms with E-state index < -0.39 is 0 Å². The SMILES string of the molecule is COc1ccc(F)c(-c2nc(CN3CCCC[C@H]3c3nc4ccccc4[nH]3)c(C)o2)c1. The Labute approximate surface area is 180 Å². The lowest BCUT2D eigenvalue weighted by Crippen LogP contribution is -2.33. The second-order valence-electron chi connectivity index (χ2n) is 7.99. The second kappa shape index (κ2) is 8.15. The number of aromatic nitrogens is 3. The zero-order valence-corrected chi connectivity index (χ0v) is 17.7. The Balaban J connectivity index is 1.43. The van der Waals surface area contributed by atoms with Crippen LogP contribution < -0.4 is 4.74 Å². The molecule has 1 atom stereocenters. The Morgan fingerprint density at radius 3 is 2.90 bits per heavy atom. The Hall–Kier alpha value is -3.19. The van der Waals surface area contributed by atoms with E-state index in [1.54, 1.807) is 19.2 Å². The molecular formula is C24H25FN4O2. The molecule has 1 saturated heterocycles. The van der Waals surface area contributed by atoms with Gasteiger partial charge in [-0.15, -0.1) is 0 Å². The highest BCUT2D eigenvalue weighted by atomic mass is 19.1. The molecule has 1 aliphatic rings. The number of piperidine rings is 1. The highest BCUT2D eigenvalue weighted by Crippen LogP contribution is 2.33. The van der Waals surface area contributed by atoms with E-state index in [1.165, 1.54) is 6.07 Å². The van der Waals surface area contributed by atoms with Gasteiger partial charge in [-0.05, 0) is 56.6 Å². The topological polar surface area (TPSA) is 67.2 Å². The summed E-state index contributed by atoms with van der Waals surface area (Å²) in [5.41, 5.74) is 3.16. The molecule has 0 unspecified atom stereocenters. The van der Waals surface area contributed by atoms with Crippen molar-refractivity contribution < 1.29 is 13.5 Å². The summed E-state index contributed by atoms with van der Waals surface area (Å²) in [5.74, 6) is 2.15. The number of hydrogen-bond acceptors (Lipinski definition) is 5. The highest BCUT2D eigenvalue weighted by molar-refractivity contribution is 5.74. The Morgan fingerprint density at radius 2 is 2.06 bits per heavy atom. The maximum Gasteiger partial charge on any atom is 0.229 e. The van der Waals surface area contributed by atoms with Crippen LogP contribution in [0.1, 0.15) is 42.6 Å². The van der Waals surface area contributed by atoms with Gasteiger partial charge in [-0.25, -0.2) is 14.4 Å². The van der Waals surface area contributed by atoms with Gasteiger partial charge in [0.15, 0.2) is 0 Å². The quantitative estimate of drug-likeness (QED) is 0.468. The van der Waals surface area contributed by atoms with Crippen molar-refractivity contribution in [2.24, 2.45) is 0 Å². The Kier molecular flexibility index (Phi) is 5.19. The van der Waals surface area contributed by atoms with Crippen molar-refractivity contribution in [1.29, 1.82) is 0 Å². The van der Waals surface area contributed by atoms with Crippen LogP contribution in [0.25, 0.3) is 22.5 Å². The van der Waals surface area contributed by atoms with Crippen LogP contribution in [0, 0.1) is 12.7 Å². The average molecular weight is 420 g/mol. The molecule has 31 heavy (non-hydrogen) atoms. The second-order valence-corrected chi connectivity index (χ2v) is 7.99. The molecule has 6 nitrogen and oxygen atoms in total. The number of para-hydroxylation sites is 2. The van der Waals surface area contributed by atoms with E-state index in [9.17, 15) is 4.39 Å². The first-order chi connectivity index (χ1) is 15.1. The molecule has 0 saturated carbocycles. The van der Waals surface area contributed by atoms with Crippen molar-refractivity contribution in [1.82, 2.24) is 19.9 Å². The van der Waals surface area contributed by atoms with E-state index in [-0.39, 0.29) is 17.7 Å². The molecule has 2 aromatic heterocycles. The molecule has 0 radical (unpaired) electrons. The van der Waals surface area contributed by atoms with Crippen LogP contribution >= 0.6 is 0 Å². The first kappa shape index (κ1) is 19.8. The van der Waals surface area contributed by atoms with Crippen molar-refractivity contribution in [3.05, 3.63) is 65.6 Å². The summed E-state index contributed by atoms with van der Waals surface area (Å²) in [6.07, 6.45) is 3.33. The largest absolute Gasteiger partial charge is 0.497 e. The predicted molar refractivity (Wildman–Crippen MR) is 116 cm³/mol. The molecule has 3 heterocycles. The molecule has 5 rings (SSSR count). The van der Waals surface area contributed by atoms with Gasteiger partial charge in [-0.3, -0.25) is 4.90 Å². The Morgan fingerprint density at radius 1 is 1.19 bits per heavy atom. The van der Waals surface area contributed by atoms with Gasteiger partial charge in [0.05, 0.1) is 35.4 Å². The fourth-order valence-corrected chi connectivity index (χ4v) is 4.30. The number of H-pyrrole nitrogens is 1. The van der Waals surface area contributed by atoms with Crippen molar-refractivity contribution in [2.45, 2.75) is 38.8 Å². The molecule has 7 heteroatoms. The number of ether oxygens (including phenoxy) is 1. The minimum absolute atomic E-state index is 0.189. The van der Waals surface area contributed by atoms with Gasteiger partial charge in [-0.2, -0.15) is 0 Å². The molecule has 1 N–H and O–H groups in total.